The molecule has 5 aliphatic rings. The van der Waals surface area contributed by atoms with Crippen LogP contribution in [-0.4, -0.2) is 36.4 Å². The first-order valence-corrected chi connectivity index (χ1v) is 12.5. The number of carbonyl (C=O) groups is 2. The van der Waals surface area contributed by atoms with Crippen LogP contribution in [0.1, 0.15) is 85.5 Å². The van der Waals surface area contributed by atoms with Gasteiger partial charge >= 0.3 is 0 Å². The topological polar surface area (TPSA) is 61.8 Å². The van der Waals surface area contributed by atoms with Gasteiger partial charge in [-0.1, -0.05) is 26.3 Å². The molecular weight excluding hydrogens is 392 g/mol. The van der Waals surface area contributed by atoms with Gasteiger partial charge in [-0.05, 0) is 81.1 Å². The summed E-state index contributed by atoms with van der Waals surface area (Å²) in [7, 11) is 0. The molecule has 1 heterocycles. The number of rotatable bonds is 3. The lowest BCUT2D eigenvalue weighted by Crippen LogP contribution is -2.66. The third-order valence-electron chi connectivity index (χ3n) is 10.1. The Labute approximate surface area is 186 Å². The van der Waals surface area contributed by atoms with Gasteiger partial charge in [-0.15, -0.1) is 0 Å². The van der Waals surface area contributed by atoms with Crippen LogP contribution < -0.4 is 0 Å². The van der Waals surface area contributed by atoms with Crippen LogP contribution in [0.3, 0.4) is 0 Å². The van der Waals surface area contributed by atoms with E-state index < -0.39 is 11.6 Å². The van der Waals surface area contributed by atoms with E-state index in [0.29, 0.717) is 43.0 Å². The van der Waals surface area contributed by atoms with Crippen LogP contribution in [0.5, 0.6) is 0 Å². The number of allylic oxidation sites excluding steroid dienone is 1. The molecule has 0 radical (unpaired) electrons. The van der Waals surface area contributed by atoms with E-state index in [2.05, 4.69) is 13.8 Å². The lowest BCUT2D eigenvalue weighted by molar-refractivity contribution is -0.429. The quantitative estimate of drug-likeness (QED) is 0.632. The van der Waals surface area contributed by atoms with Crippen molar-refractivity contribution in [1.82, 2.24) is 0 Å². The van der Waals surface area contributed by atoms with Gasteiger partial charge in [0.2, 0.25) is 0 Å². The van der Waals surface area contributed by atoms with E-state index >= 15 is 0 Å². The average Bonchev–Trinajstić information content (AvgIpc) is 3.04. The Morgan fingerprint density at radius 3 is 2.55 bits per heavy atom. The van der Waals surface area contributed by atoms with Crippen LogP contribution >= 0.6 is 0 Å². The smallest absolute Gasteiger partial charge is 0.283 e. The number of carbonyl (C=O) groups excluding carboxylic acids is 2. The largest absolute Gasteiger partial charge is 0.328 e. The monoisotopic (exact) mass is 430 g/mol. The van der Waals surface area contributed by atoms with Crippen molar-refractivity contribution in [3.05, 3.63) is 11.6 Å². The fourth-order valence-electron chi connectivity index (χ4n) is 8.39. The van der Waals surface area contributed by atoms with Crippen LogP contribution in [0.15, 0.2) is 11.6 Å². The second-order valence-electron chi connectivity index (χ2n) is 11.1. The molecule has 0 aromatic heterocycles. The number of fused-ring (bicyclic) bond motifs is 6. The van der Waals surface area contributed by atoms with Crippen molar-refractivity contribution in [2.45, 2.75) is 97.1 Å². The zero-order valence-corrected chi connectivity index (χ0v) is 19.6. The molecule has 1 spiro atoms. The summed E-state index contributed by atoms with van der Waals surface area (Å²) in [5, 5.41) is 0. The zero-order chi connectivity index (χ0) is 22.1. The lowest BCUT2D eigenvalue weighted by Gasteiger charge is -2.60. The number of hydrogen-bond donors (Lipinski definition) is 0. The van der Waals surface area contributed by atoms with Crippen LogP contribution in [0, 0.1) is 28.6 Å². The maximum absolute atomic E-state index is 13.4. The fourth-order valence-corrected chi connectivity index (χ4v) is 8.39. The highest BCUT2D eigenvalue weighted by molar-refractivity contribution is 5.92. The van der Waals surface area contributed by atoms with E-state index in [1.54, 1.807) is 0 Å². The van der Waals surface area contributed by atoms with E-state index in [-0.39, 0.29) is 23.2 Å². The molecule has 5 heteroatoms. The molecule has 172 valence electrons. The SMILES string of the molecule is CCOC1(CC)OCC(=O)[C@]2(CCC3C4CCC5=CC(=O)CC[C@]5(C)C4CC[C@@]32C)O1. The Morgan fingerprint density at radius 1 is 1.03 bits per heavy atom. The highest BCUT2D eigenvalue weighted by Crippen LogP contribution is 2.69. The van der Waals surface area contributed by atoms with Crippen molar-refractivity contribution in [3.63, 3.8) is 0 Å². The molecular formula is C26H38O5. The molecule has 0 bridgehead atoms. The molecule has 31 heavy (non-hydrogen) atoms. The number of hydrogen-bond acceptors (Lipinski definition) is 5. The van der Waals surface area contributed by atoms with E-state index in [4.69, 9.17) is 14.2 Å². The maximum Gasteiger partial charge on any atom is 0.283 e. The second-order valence-corrected chi connectivity index (χ2v) is 11.1. The van der Waals surface area contributed by atoms with Crippen LogP contribution in [0.2, 0.25) is 0 Å². The Balaban J connectivity index is 1.48. The van der Waals surface area contributed by atoms with Gasteiger partial charge in [0.15, 0.2) is 11.6 Å². The van der Waals surface area contributed by atoms with Gasteiger partial charge in [0, 0.05) is 24.9 Å². The molecule has 0 aromatic rings. The minimum absolute atomic E-state index is 0.0803. The van der Waals surface area contributed by atoms with Crippen molar-refractivity contribution in [3.8, 4) is 0 Å². The molecule has 0 amide bonds. The highest BCUT2D eigenvalue weighted by atomic mass is 16.9. The predicted molar refractivity (Wildman–Crippen MR) is 116 cm³/mol. The molecule has 1 saturated heterocycles. The maximum atomic E-state index is 13.4. The van der Waals surface area contributed by atoms with Crippen molar-refractivity contribution in [1.29, 1.82) is 0 Å². The number of Topliss-reactive ketones (excluding diaryl/α,β-unsaturated/α-hetero) is 1. The van der Waals surface area contributed by atoms with Gasteiger partial charge in [0.05, 0.1) is 0 Å². The normalized spacial score (nSPS) is 49.4. The molecule has 4 unspecified atom stereocenters. The first-order chi connectivity index (χ1) is 14.7. The van der Waals surface area contributed by atoms with E-state index in [1.165, 1.54) is 5.57 Å². The second kappa shape index (κ2) is 7.23. The molecule has 0 aromatic carbocycles. The van der Waals surface area contributed by atoms with E-state index in [1.807, 2.05) is 19.9 Å². The van der Waals surface area contributed by atoms with Gasteiger partial charge in [-0.25, -0.2) is 0 Å². The molecule has 1 aliphatic heterocycles. The van der Waals surface area contributed by atoms with Gasteiger partial charge in [-0.3, -0.25) is 9.59 Å². The van der Waals surface area contributed by atoms with Crippen molar-refractivity contribution in [2.24, 2.45) is 28.6 Å². The average molecular weight is 431 g/mol. The minimum atomic E-state index is -1.10. The molecule has 4 fully saturated rings. The molecule has 4 aliphatic carbocycles. The number of ether oxygens (including phenoxy) is 3. The van der Waals surface area contributed by atoms with Gasteiger partial charge in [-0.2, -0.15) is 0 Å². The summed E-state index contributed by atoms with van der Waals surface area (Å²) in [5.74, 6) is 0.975. The lowest BCUT2D eigenvalue weighted by atomic mass is 9.46. The summed E-state index contributed by atoms with van der Waals surface area (Å²) in [6.07, 6.45) is 10.3. The van der Waals surface area contributed by atoms with Crippen molar-refractivity contribution in [2.75, 3.05) is 13.2 Å². The van der Waals surface area contributed by atoms with E-state index in [0.717, 1.165) is 44.9 Å². The summed E-state index contributed by atoms with van der Waals surface area (Å²) in [6, 6.07) is 0. The molecule has 5 nitrogen and oxygen atoms in total. The van der Waals surface area contributed by atoms with Crippen molar-refractivity contribution >= 4 is 11.6 Å². The number of ketones is 2. The highest BCUT2D eigenvalue weighted by Gasteiger charge is 2.70. The van der Waals surface area contributed by atoms with Crippen molar-refractivity contribution < 1.29 is 23.8 Å². The molecule has 0 N–H and O–H groups in total. The standard InChI is InChI=1S/C26H38O5/c1-5-26(29-6-2)30-16-22(28)25(31-26)14-11-21-19-8-7-17-15-18(27)9-12-23(17,3)20(19)10-13-24(21,25)4/h15,19-21H,5-14,16H2,1-4H3/t19?,20?,21?,23-,24-,25-,26?/m0/s1. The Bertz CT molecular complexity index is 819. The minimum Gasteiger partial charge on any atom is -0.328 e. The first-order valence-electron chi connectivity index (χ1n) is 12.5. The van der Waals surface area contributed by atoms with Crippen LogP contribution in [0.25, 0.3) is 0 Å². The van der Waals surface area contributed by atoms with Crippen LogP contribution in [-0.2, 0) is 23.8 Å². The fraction of sp³-hybridized carbons (Fsp3) is 0.846. The molecule has 7 atom stereocenters. The summed E-state index contributed by atoms with van der Waals surface area (Å²) in [5.41, 5.74) is 0.550. The first kappa shape index (κ1) is 21.8. The summed E-state index contributed by atoms with van der Waals surface area (Å²) < 4.78 is 18.5. The van der Waals surface area contributed by atoms with E-state index in [9.17, 15) is 9.59 Å². The zero-order valence-electron chi connectivity index (χ0n) is 19.6. The van der Waals surface area contributed by atoms with Gasteiger partial charge in [0.1, 0.15) is 12.2 Å². The van der Waals surface area contributed by atoms with Gasteiger partial charge < -0.3 is 14.2 Å². The predicted octanol–water partition coefficient (Wildman–Crippen LogP) is 4.97. The third kappa shape index (κ3) is 2.85. The summed E-state index contributed by atoms with van der Waals surface area (Å²) >= 11 is 0. The molecule has 3 saturated carbocycles. The third-order valence-corrected chi connectivity index (χ3v) is 10.1. The Morgan fingerprint density at radius 2 is 1.81 bits per heavy atom. The summed E-state index contributed by atoms with van der Waals surface area (Å²) in [6.45, 7) is 9.24. The summed E-state index contributed by atoms with van der Waals surface area (Å²) in [4.78, 5) is 25.5. The Kier molecular flexibility index (Phi) is 5.08. The van der Waals surface area contributed by atoms with Gasteiger partial charge in [0.25, 0.3) is 5.97 Å². The van der Waals surface area contributed by atoms with Crippen LogP contribution in [0.4, 0.5) is 0 Å². The Hall–Kier alpha value is -1.04. The molecule has 5 rings (SSSR count).